The van der Waals surface area contributed by atoms with Crippen LogP contribution in [0.3, 0.4) is 0 Å². The second-order valence-electron chi connectivity index (χ2n) is 5.61. The highest BCUT2D eigenvalue weighted by Gasteiger charge is 2.21. The Hall–Kier alpha value is -1.34. The number of urea groups is 1. The van der Waals surface area contributed by atoms with Crippen molar-refractivity contribution >= 4 is 12.0 Å². The van der Waals surface area contributed by atoms with Crippen molar-refractivity contribution in [2.45, 2.75) is 38.8 Å². The summed E-state index contributed by atoms with van der Waals surface area (Å²) in [5.41, 5.74) is 0. The third-order valence-corrected chi connectivity index (χ3v) is 2.70. The number of carbonyl (C=O) groups excluding carboxylic acids is 1. The summed E-state index contributed by atoms with van der Waals surface area (Å²) in [6, 6.07) is -1.63. The van der Waals surface area contributed by atoms with Crippen LogP contribution in [-0.4, -0.2) is 66.4 Å². The van der Waals surface area contributed by atoms with Gasteiger partial charge in [-0.3, -0.25) is 0 Å². The number of nitrogens with zero attached hydrogens (tertiary/aromatic N) is 1. The first kappa shape index (κ1) is 18.7. The maximum atomic E-state index is 11.8. The number of carboxylic acids is 1. The van der Waals surface area contributed by atoms with Crippen LogP contribution in [0.25, 0.3) is 0 Å². The Labute approximate surface area is 120 Å². The maximum Gasteiger partial charge on any atom is 0.326 e. The molecule has 0 saturated carbocycles. The Kier molecular flexibility index (Phi) is 8.91. The van der Waals surface area contributed by atoms with Crippen LogP contribution in [-0.2, 0) is 4.79 Å². The van der Waals surface area contributed by atoms with Crippen LogP contribution in [0.2, 0.25) is 0 Å². The quantitative estimate of drug-likeness (QED) is 0.482. The summed E-state index contributed by atoms with van der Waals surface area (Å²) in [5.74, 6) is -0.727. The SMILES string of the molecule is CC(C)CC(CN(C)C)NC(=O)NC(CCO)C(=O)O. The van der Waals surface area contributed by atoms with E-state index in [1.165, 1.54) is 0 Å². The minimum Gasteiger partial charge on any atom is -0.480 e. The van der Waals surface area contributed by atoms with E-state index in [4.69, 9.17) is 10.2 Å². The molecule has 2 atom stereocenters. The minimum absolute atomic E-state index is 0.00865. The largest absolute Gasteiger partial charge is 0.480 e. The van der Waals surface area contributed by atoms with E-state index in [9.17, 15) is 9.59 Å². The van der Waals surface area contributed by atoms with Gasteiger partial charge in [0.2, 0.25) is 0 Å². The van der Waals surface area contributed by atoms with Gasteiger partial charge in [0.1, 0.15) is 6.04 Å². The van der Waals surface area contributed by atoms with Crippen molar-refractivity contribution in [3.8, 4) is 0 Å². The zero-order valence-corrected chi connectivity index (χ0v) is 12.7. The monoisotopic (exact) mass is 289 g/mol. The molecule has 0 fully saturated rings. The molecule has 2 unspecified atom stereocenters. The van der Waals surface area contributed by atoms with Crippen LogP contribution in [0.1, 0.15) is 26.7 Å². The standard InChI is InChI=1S/C13H27N3O4/c1-9(2)7-10(8-16(3)4)14-13(20)15-11(5-6-17)12(18)19/h9-11,17H,5-8H2,1-4H3,(H,18,19)(H2,14,15,20). The number of amides is 2. The average molecular weight is 289 g/mol. The number of aliphatic hydroxyl groups is 1. The van der Waals surface area contributed by atoms with Crippen molar-refractivity contribution in [3.05, 3.63) is 0 Å². The number of hydrogen-bond acceptors (Lipinski definition) is 4. The highest BCUT2D eigenvalue weighted by atomic mass is 16.4. The van der Waals surface area contributed by atoms with Crippen molar-refractivity contribution in [1.82, 2.24) is 15.5 Å². The van der Waals surface area contributed by atoms with Crippen LogP contribution in [0.15, 0.2) is 0 Å². The van der Waals surface area contributed by atoms with Crippen LogP contribution >= 0.6 is 0 Å². The van der Waals surface area contributed by atoms with Crippen molar-refractivity contribution in [2.75, 3.05) is 27.2 Å². The Bertz CT molecular complexity index is 298. The molecule has 0 rings (SSSR count). The van der Waals surface area contributed by atoms with Crippen LogP contribution in [0.4, 0.5) is 4.79 Å². The van der Waals surface area contributed by atoms with E-state index in [1.807, 2.05) is 19.0 Å². The molecule has 20 heavy (non-hydrogen) atoms. The van der Waals surface area contributed by atoms with Gasteiger partial charge in [0, 0.05) is 25.6 Å². The predicted octanol–water partition coefficient (Wildman–Crippen LogP) is 0.0975. The van der Waals surface area contributed by atoms with Gasteiger partial charge in [-0.25, -0.2) is 9.59 Å². The molecule has 0 aromatic carbocycles. The molecule has 0 spiro atoms. The number of nitrogens with one attached hydrogen (secondary N) is 2. The molecule has 0 radical (unpaired) electrons. The lowest BCUT2D eigenvalue weighted by Crippen LogP contribution is -2.51. The molecule has 2 amide bonds. The molecule has 7 nitrogen and oxygen atoms in total. The number of likely N-dealkylation sites (N-methyl/N-ethyl adjacent to an activating group) is 1. The number of carboxylic acid groups (broad SMARTS) is 1. The molecule has 0 aliphatic carbocycles. The van der Waals surface area contributed by atoms with Gasteiger partial charge in [-0.05, 0) is 26.4 Å². The summed E-state index contributed by atoms with van der Waals surface area (Å²) in [5, 5.41) is 22.8. The van der Waals surface area contributed by atoms with E-state index in [0.717, 1.165) is 6.42 Å². The summed E-state index contributed by atoms with van der Waals surface area (Å²) in [4.78, 5) is 24.7. The highest BCUT2D eigenvalue weighted by Crippen LogP contribution is 2.05. The summed E-state index contributed by atoms with van der Waals surface area (Å²) in [6.07, 6.45) is 0.800. The first-order valence-corrected chi connectivity index (χ1v) is 6.81. The molecule has 0 aliphatic heterocycles. The molecular weight excluding hydrogens is 262 g/mol. The second-order valence-corrected chi connectivity index (χ2v) is 5.61. The third-order valence-electron chi connectivity index (χ3n) is 2.70. The number of aliphatic carboxylic acids is 1. The van der Waals surface area contributed by atoms with E-state index in [1.54, 1.807) is 0 Å². The van der Waals surface area contributed by atoms with E-state index < -0.39 is 18.0 Å². The van der Waals surface area contributed by atoms with Crippen molar-refractivity contribution < 1.29 is 19.8 Å². The Morgan fingerprint density at radius 2 is 1.80 bits per heavy atom. The third kappa shape index (κ3) is 8.71. The lowest BCUT2D eigenvalue weighted by atomic mass is 10.0. The fraction of sp³-hybridized carbons (Fsp3) is 0.846. The number of hydrogen-bond donors (Lipinski definition) is 4. The topological polar surface area (TPSA) is 102 Å². The Morgan fingerprint density at radius 3 is 2.20 bits per heavy atom. The van der Waals surface area contributed by atoms with Crippen LogP contribution < -0.4 is 10.6 Å². The Morgan fingerprint density at radius 1 is 1.20 bits per heavy atom. The summed E-state index contributed by atoms with van der Waals surface area (Å²) >= 11 is 0. The first-order chi connectivity index (χ1) is 9.26. The van der Waals surface area contributed by atoms with Crippen LogP contribution in [0.5, 0.6) is 0 Å². The molecule has 0 aliphatic rings. The average Bonchev–Trinajstić information content (AvgIpc) is 2.25. The number of rotatable bonds is 9. The van der Waals surface area contributed by atoms with E-state index >= 15 is 0 Å². The molecule has 0 aromatic rings. The number of carbonyl (C=O) groups is 2. The van der Waals surface area contributed by atoms with E-state index in [-0.39, 0.29) is 19.1 Å². The second kappa shape index (κ2) is 9.55. The Balaban J connectivity index is 4.45. The van der Waals surface area contributed by atoms with Gasteiger partial charge in [0.15, 0.2) is 0 Å². The van der Waals surface area contributed by atoms with Gasteiger partial charge < -0.3 is 25.7 Å². The van der Waals surface area contributed by atoms with E-state index in [2.05, 4.69) is 24.5 Å². The number of aliphatic hydroxyl groups excluding tert-OH is 1. The fourth-order valence-electron chi connectivity index (χ4n) is 1.96. The molecule has 118 valence electrons. The van der Waals surface area contributed by atoms with E-state index in [0.29, 0.717) is 12.5 Å². The zero-order valence-electron chi connectivity index (χ0n) is 12.7. The smallest absolute Gasteiger partial charge is 0.326 e. The fourth-order valence-corrected chi connectivity index (χ4v) is 1.96. The maximum absolute atomic E-state index is 11.8. The normalized spacial score (nSPS) is 14.2. The van der Waals surface area contributed by atoms with Gasteiger partial charge in [0.25, 0.3) is 0 Å². The summed E-state index contributed by atoms with van der Waals surface area (Å²) < 4.78 is 0. The minimum atomic E-state index is -1.15. The van der Waals surface area contributed by atoms with Gasteiger partial charge in [-0.2, -0.15) is 0 Å². The van der Waals surface area contributed by atoms with Gasteiger partial charge in [-0.15, -0.1) is 0 Å². The molecule has 4 N–H and O–H groups in total. The van der Waals surface area contributed by atoms with Crippen molar-refractivity contribution in [3.63, 3.8) is 0 Å². The molecule has 7 heteroatoms. The summed E-state index contributed by atoms with van der Waals surface area (Å²) in [6.45, 7) is 4.52. The van der Waals surface area contributed by atoms with Gasteiger partial charge in [-0.1, -0.05) is 13.8 Å². The molecule has 0 saturated heterocycles. The first-order valence-electron chi connectivity index (χ1n) is 6.81. The van der Waals surface area contributed by atoms with Gasteiger partial charge in [0.05, 0.1) is 0 Å². The summed E-state index contributed by atoms with van der Waals surface area (Å²) in [7, 11) is 3.83. The van der Waals surface area contributed by atoms with Crippen molar-refractivity contribution in [1.29, 1.82) is 0 Å². The van der Waals surface area contributed by atoms with Crippen molar-refractivity contribution in [2.24, 2.45) is 5.92 Å². The molecular formula is C13H27N3O4. The zero-order chi connectivity index (χ0) is 15.7. The lowest BCUT2D eigenvalue weighted by molar-refractivity contribution is -0.139. The molecule has 0 bridgehead atoms. The molecule has 0 aromatic heterocycles. The predicted molar refractivity (Wildman–Crippen MR) is 76.6 cm³/mol. The van der Waals surface area contributed by atoms with Crippen LogP contribution in [0, 0.1) is 5.92 Å². The lowest BCUT2D eigenvalue weighted by Gasteiger charge is -2.25. The molecule has 0 heterocycles. The van der Waals surface area contributed by atoms with Gasteiger partial charge >= 0.3 is 12.0 Å². The highest BCUT2D eigenvalue weighted by molar-refractivity contribution is 5.82.